The number of alkyl halides is 6. The molecule has 0 spiro atoms. The van der Waals surface area contributed by atoms with Crippen molar-refractivity contribution in [2.75, 3.05) is 135 Å². The summed E-state index contributed by atoms with van der Waals surface area (Å²) in [5.74, 6) is -2.46. The Labute approximate surface area is 854 Å². The van der Waals surface area contributed by atoms with Gasteiger partial charge < -0.3 is 93.8 Å². The second-order valence-electron chi connectivity index (χ2n) is 35.0. The molecule has 760 valence electrons. The molecule has 6 N–H and O–H groups in total. The van der Waals surface area contributed by atoms with E-state index in [-0.39, 0.29) is 172 Å². The molecule has 10 aliphatic rings. The maximum absolute atomic E-state index is 14.7. The molecule has 8 aromatic carbocycles. The normalized spacial score (nSPS) is 20.9. The molecular formula is C96H86Cl8F10N16O14. The first-order valence-electron chi connectivity index (χ1n) is 44.9. The van der Waals surface area contributed by atoms with Gasteiger partial charge in [0, 0.05) is 167 Å². The van der Waals surface area contributed by atoms with Gasteiger partial charge in [-0.1, -0.05) is 99.4 Å². The van der Waals surface area contributed by atoms with Crippen LogP contribution in [0.5, 0.6) is 46.0 Å². The number of rotatable bonds is 29. The van der Waals surface area contributed by atoms with Gasteiger partial charge in [-0.05, 0) is 105 Å². The number of hydrogen-bond donors (Lipinski definition) is 6. The van der Waals surface area contributed by atoms with Gasteiger partial charge in [-0.25, -0.2) is 57.4 Å². The summed E-state index contributed by atoms with van der Waals surface area (Å²) >= 11 is 47.3. The van der Waals surface area contributed by atoms with E-state index in [0.717, 1.165) is 35.7 Å². The van der Waals surface area contributed by atoms with Gasteiger partial charge in [0.1, 0.15) is 92.8 Å². The van der Waals surface area contributed by atoms with Gasteiger partial charge in [0.15, 0.2) is 69.3 Å². The lowest BCUT2D eigenvalue weighted by molar-refractivity contribution is -0.196. The zero-order valence-electron chi connectivity index (χ0n) is 76.0. The van der Waals surface area contributed by atoms with E-state index < -0.39 is 59.6 Å². The Balaban J connectivity index is 0.000000132. The molecule has 12 atom stereocenters. The number of phenols is 1. The molecule has 0 radical (unpaired) electrons. The number of nitrogens with one attached hydrogen (secondary N) is 5. The summed E-state index contributed by atoms with van der Waals surface area (Å²) in [4.78, 5) is 72.9. The van der Waals surface area contributed by atoms with Gasteiger partial charge in [-0.2, -0.15) is 26.3 Å². The SMILES string of the molecule is C=CC(=O)N1C[C@H]2C[C@@H](C1)C2Oc1cc2c(Nc3ccc(Cl)c(Cl)c3F)ncnc2cc1OCCOC.COCCOc1cc2ncnc(Nc3ccc(Cl)c(Cl)c3F)c2cc1OC1[C@@H]2CNC[C@H]1C2.COCCOc1cc2ncnc(Nc3ccc(Cl)c(Cl)c3F)c2cc1OC1[C@@H]2C[C@H]1CN(C(=O)C(F)(F)F)C2.O=C(N1C[C@H]2C[C@@H](C1)C2Oc1cc2c(Nc3ccc(Cl)c(Cl)c3F)ncnc2cc1O)C(F)(F)F. The number of phenolic OH excluding ortho intramolecular Hbond substituents is 1. The Bertz CT molecular complexity index is 6840. The number of carbonyl (C=O) groups is 3. The lowest BCUT2D eigenvalue weighted by Gasteiger charge is -2.52. The third-order valence-electron chi connectivity index (χ3n) is 25.9. The summed E-state index contributed by atoms with van der Waals surface area (Å²) in [5.41, 5.74) is 2.34. The fraction of sp³-hybridized carbons (Fsp3) is 0.365. The average molecular weight is 2160 g/mol. The topological polar surface area (TPSA) is 337 Å². The third-order valence-corrected chi connectivity index (χ3v) is 29.0. The van der Waals surface area contributed by atoms with Crippen molar-refractivity contribution in [2.45, 2.75) is 62.5 Å². The third kappa shape index (κ3) is 22.5. The molecule has 30 nitrogen and oxygen atoms in total. The molecule has 10 fully saturated rings. The van der Waals surface area contributed by atoms with Crippen LogP contribution in [-0.2, 0) is 28.6 Å². The first-order chi connectivity index (χ1) is 69.0. The number of carbonyl (C=O) groups excluding carboxylic acids is 3. The lowest BCUT2D eigenvalue weighted by atomic mass is 9.68. The Hall–Kier alpha value is -11.7. The highest BCUT2D eigenvalue weighted by Gasteiger charge is 2.56. The number of hydrogen-bond acceptors (Lipinski definition) is 27. The van der Waals surface area contributed by atoms with Gasteiger partial charge >= 0.3 is 24.2 Å². The van der Waals surface area contributed by atoms with E-state index in [9.17, 15) is 63.4 Å². The number of methoxy groups -OCH3 is 3. The van der Waals surface area contributed by atoms with Crippen LogP contribution in [0.1, 0.15) is 25.7 Å². The number of benzene rings is 8. The van der Waals surface area contributed by atoms with E-state index in [1.54, 1.807) is 38.5 Å². The van der Waals surface area contributed by atoms with E-state index in [1.165, 1.54) is 99.2 Å². The first kappa shape index (κ1) is 104. The molecule has 3 amide bonds. The number of likely N-dealkylation sites (tertiary alicyclic amines) is 1. The molecule has 6 saturated heterocycles. The number of amides is 3. The summed E-state index contributed by atoms with van der Waals surface area (Å²) in [5, 5.41) is 27.3. The highest BCUT2D eigenvalue weighted by Crippen LogP contribution is 2.52. The van der Waals surface area contributed by atoms with Crippen molar-refractivity contribution in [3.8, 4) is 46.0 Å². The average Bonchev–Trinajstić information content (AvgIpc) is 0.753. The molecule has 10 heterocycles. The molecule has 12 aromatic rings. The minimum Gasteiger partial charge on any atom is -0.504 e. The van der Waals surface area contributed by atoms with Gasteiger partial charge in [0.25, 0.3) is 0 Å². The molecule has 4 unspecified atom stereocenters. The van der Waals surface area contributed by atoms with Crippen LogP contribution >= 0.6 is 92.8 Å². The quantitative estimate of drug-likeness (QED) is 0.0110. The van der Waals surface area contributed by atoms with Crippen LogP contribution in [0.3, 0.4) is 0 Å². The number of anilines is 8. The van der Waals surface area contributed by atoms with Gasteiger partial charge in [0.2, 0.25) is 5.91 Å². The smallest absolute Gasteiger partial charge is 0.471 e. The summed E-state index contributed by atoms with van der Waals surface area (Å²) in [6.45, 7) is 8.48. The zero-order chi connectivity index (χ0) is 102. The minimum absolute atomic E-state index is 0.0119. The van der Waals surface area contributed by atoms with Crippen LogP contribution in [0.2, 0.25) is 40.2 Å². The molecule has 144 heavy (non-hydrogen) atoms. The summed E-state index contributed by atoms with van der Waals surface area (Å²) in [7, 11) is 4.75. The standard InChI is InChI=1S/C26H25Cl2FN4O4.C25H22Cl2F4N4O4.C23H23Cl2FN4O3.C22H16Cl2F4N4O3/c1-3-22(34)33-11-14-8-15(12-33)25(14)37-21-9-16-19(10-20(21)36-7-6-35-2)30-13-31-26(16)32-18-5-4-17(27)23(28)24(18)29;1-37-4-5-38-18-8-17-14(23(33-11-32-17)34-16-3-2-15(26)20(27)21(16)28)7-19(18)39-22-12-6-13(22)10-35(9-12)24(36)25(29,30)31;1-31-4-5-32-18-8-17-14(7-19(18)33-22-12-6-13(22)10-27-9-12)23(29-11-28-17)30-16-3-2-15(24)20(25)21(16)26;23-12-1-2-13(18(25)17(12)24)31-20-11-4-16(15(33)5-14(11)29-8-30-20)35-19-9-3-10(19)7-32(6-9)21(34)22(26,27)28/h3-5,9-10,13-15,25H,1,6-8,11-12H2,2H3,(H,30,31,32);2-3,7-8,11-13,22H,4-6,9-10H2,1H3,(H,32,33,34);2-3,7-8,11-13,22,27H,4-6,9-10H2,1H3,(H,28,29,30);1-2,4-5,8-10,19,33H,3,6-7H2,(H,29,30,31)/t14-,15+,25?;2*12-,13+,22?;9-,10+,19?. The maximum Gasteiger partial charge on any atom is 0.471 e. The maximum atomic E-state index is 14.7. The van der Waals surface area contributed by atoms with E-state index in [2.05, 4.69) is 73.0 Å². The number of fused-ring (bicyclic) bond motifs is 12. The predicted octanol–water partition coefficient (Wildman–Crippen LogP) is 21.0. The number of aromatic nitrogens is 8. The van der Waals surface area contributed by atoms with Crippen molar-refractivity contribution in [3.05, 3.63) is 198 Å². The van der Waals surface area contributed by atoms with Crippen molar-refractivity contribution in [3.63, 3.8) is 0 Å². The van der Waals surface area contributed by atoms with Crippen LogP contribution in [-0.4, -0.2) is 227 Å². The first-order valence-corrected chi connectivity index (χ1v) is 47.9. The van der Waals surface area contributed by atoms with Crippen molar-refractivity contribution in [2.24, 2.45) is 47.3 Å². The monoisotopic (exact) mass is 2160 g/mol. The molecule has 6 aliphatic heterocycles. The van der Waals surface area contributed by atoms with Crippen LogP contribution in [0.25, 0.3) is 43.6 Å². The highest BCUT2D eigenvalue weighted by atomic mass is 35.5. The van der Waals surface area contributed by atoms with E-state index in [1.807, 2.05) is 17.0 Å². The number of ether oxygens (including phenoxy) is 10. The number of nitrogens with zero attached hydrogens (tertiary/aromatic N) is 11. The Morgan fingerprint density at radius 1 is 0.382 bits per heavy atom. The molecular weight excluding hydrogens is 2070 g/mol. The number of aromatic hydroxyl groups is 1. The molecule has 22 rings (SSSR count). The van der Waals surface area contributed by atoms with Gasteiger partial charge in [-0.15, -0.1) is 0 Å². The number of piperidine rings is 8. The van der Waals surface area contributed by atoms with Gasteiger partial charge in [-0.3, -0.25) is 14.4 Å². The Morgan fingerprint density at radius 3 is 0.924 bits per heavy atom. The largest absolute Gasteiger partial charge is 0.504 e. The van der Waals surface area contributed by atoms with Crippen molar-refractivity contribution in [1.29, 1.82) is 0 Å². The summed E-state index contributed by atoms with van der Waals surface area (Å²) < 4.78 is 194. The summed E-state index contributed by atoms with van der Waals surface area (Å²) in [6, 6.07) is 25.0. The second kappa shape index (κ2) is 44.3. The second-order valence-corrected chi connectivity index (χ2v) is 38.1. The van der Waals surface area contributed by atoms with Crippen molar-refractivity contribution in [1.82, 2.24) is 59.9 Å². The van der Waals surface area contributed by atoms with E-state index in [0.29, 0.717) is 161 Å². The van der Waals surface area contributed by atoms with Crippen molar-refractivity contribution < 1.29 is 111 Å². The van der Waals surface area contributed by atoms with Crippen LogP contribution in [0.15, 0.2) is 135 Å². The molecule has 4 aromatic heterocycles. The highest BCUT2D eigenvalue weighted by molar-refractivity contribution is 6.44. The molecule has 4 saturated carbocycles. The molecule has 48 heteroatoms. The van der Waals surface area contributed by atoms with Crippen LogP contribution in [0, 0.1) is 70.6 Å². The summed E-state index contributed by atoms with van der Waals surface area (Å²) in [6.07, 6.45) is -0.604. The molecule has 4 aliphatic carbocycles. The van der Waals surface area contributed by atoms with E-state index in [4.69, 9.17) is 140 Å². The Morgan fingerprint density at radius 2 is 0.646 bits per heavy atom. The van der Waals surface area contributed by atoms with Crippen LogP contribution < -0.4 is 59.7 Å². The van der Waals surface area contributed by atoms with E-state index >= 15 is 0 Å². The lowest BCUT2D eigenvalue weighted by Crippen LogP contribution is -2.63. The van der Waals surface area contributed by atoms with Crippen molar-refractivity contribution >= 4 is 200 Å². The fourth-order valence-corrected chi connectivity index (χ4v) is 19.9. The molecule has 8 bridgehead atoms. The Kier molecular flexibility index (Phi) is 31.9. The van der Waals surface area contributed by atoms with Crippen LogP contribution in [0.4, 0.5) is 89.9 Å². The zero-order valence-corrected chi connectivity index (χ0v) is 82.0. The minimum atomic E-state index is -4.92. The van der Waals surface area contributed by atoms with Gasteiger partial charge in [0.05, 0.1) is 105 Å². The number of halogens is 18. The fourth-order valence-electron chi connectivity index (χ4n) is 18.7. The predicted molar refractivity (Wildman–Crippen MR) is 520 cm³/mol.